The lowest BCUT2D eigenvalue weighted by Crippen LogP contribution is -1.97. The molecule has 0 bridgehead atoms. The number of rotatable bonds is 3. The average Bonchev–Trinajstić information content (AvgIpc) is 2.15. The van der Waals surface area contributed by atoms with E-state index in [1.807, 2.05) is 25.1 Å². The second-order valence-electron chi connectivity index (χ2n) is 2.68. The highest BCUT2D eigenvalue weighted by molar-refractivity contribution is 6.15. The van der Waals surface area contributed by atoms with Crippen molar-refractivity contribution >= 4 is 11.5 Å². The molecule has 0 N–H and O–H groups in total. The van der Waals surface area contributed by atoms with E-state index < -0.39 is 5.97 Å². The van der Waals surface area contributed by atoms with Gasteiger partial charge in [0.15, 0.2) is 0 Å². The molecule has 2 heteroatoms. The summed E-state index contributed by atoms with van der Waals surface area (Å²) in [7, 11) is 0. The highest BCUT2D eigenvalue weighted by Crippen LogP contribution is 2.14. The SMILES string of the molecule is CC/C=C(/C([O])=O)c1ccccc1. The zero-order valence-electron chi connectivity index (χ0n) is 7.49. The quantitative estimate of drug-likeness (QED) is 0.650. The molecule has 0 aliphatic heterocycles. The molecule has 0 aromatic heterocycles. The summed E-state index contributed by atoms with van der Waals surface area (Å²) >= 11 is 0. The zero-order valence-corrected chi connectivity index (χ0v) is 7.49. The van der Waals surface area contributed by atoms with Crippen molar-refractivity contribution < 1.29 is 9.90 Å². The Kier molecular flexibility index (Phi) is 3.26. The first-order valence-electron chi connectivity index (χ1n) is 4.22. The van der Waals surface area contributed by atoms with Crippen molar-refractivity contribution in [2.24, 2.45) is 0 Å². The topological polar surface area (TPSA) is 37.0 Å². The molecule has 0 unspecified atom stereocenters. The summed E-state index contributed by atoms with van der Waals surface area (Å²) in [5, 5.41) is 10.7. The molecule has 0 atom stereocenters. The summed E-state index contributed by atoms with van der Waals surface area (Å²) in [4.78, 5) is 10.7. The van der Waals surface area contributed by atoms with Gasteiger partial charge in [-0.2, -0.15) is 0 Å². The van der Waals surface area contributed by atoms with Gasteiger partial charge in [0.05, 0.1) is 5.57 Å². The van der Waals surface area contributed by atoms with Gasteiger partial charge in [0, 0.05) is 0 Å². The predicted octanol–water partition coefficient (Wildman–Crippen LogP) is 2.44. The normalized spacial score (nSPS) is 11.3. The molecule has 1 rings (SSSR count). The molecule has 0 aliphatic rings. The van der Waals surface area contributed by atoms with Crippen LogP contribution in [0.4, 0.5) is 0 Å². The smallest absolute Gasteiger partial charge is 0.241 e. The maximum Gasteiger partial charge on any atom is 0.386 e. The number of benzene rings is 1. The fourth-order valence-electron chi connectivity index (χ4n) is 1.14. The van der Waals surface area contributed by atoms with Crippen LogP contribution in [-0.4, -0.2) is 5.97 Å². The van der Waals surface area contributed by atoms with Gasteiger partial charge in [0.1, 0.15) is 0 Å². The van der Waals surface area contributed by atoms with Crippen LogP contribution in [0.5, 0.6) is 0 Å². The second kappa shape index (κ2) is 4.45. The minimum atomic E-state index is -1.12. The minimum absolute atomic E-state index is 0.267. The molecule has 0 aliphatic carbocycles. The first-order valence-corrected chi connectivity index (χ1v) is 4.22. The maximum atomic E-state index is 10.7. The Hall–Kier alpha value is -1.57. The van der Waals surface area contributed by atoms with E-state index in [4.69, 9.17) is 0 Å². The highest BCUT2D eigenvalue weighted by atomic mass is 16.4. The Morgan fingerprint density at radius 1 is 1.31 bits per heavy atom. The summed E-state index contributed by atoms with van der Waals surface area (Å²) in [6.45, 7) is 1.89. The van der Waals surface area contributed by atoms with E-state index in [-0.39, 0.29) is 5.57 Å². The second-order valence-corrected chi connectivity index (χ2v) is 2.68. The third kappa shape index (κ3) is 2.44. The van der Waals surface area contributed by atoms with Gasteiger partial charge in [0.25, 0.3) is 0 Å². The van der Waals surface area contributed by atoms with Crippen LogP contribution in [0.3, 0.4) is 0 Å². The van der Waals surface area contributed by atoms with Gasteiger partial charge in [-0.15, -0.1) is 0 Å². The van der Waals surface area contributed by atoms with Crippen LogP contribution in [-0.2, 0) is 9.90 Å². The van der Waals surface area contributed by atoms with Crippen molar-refractivity contribution in [3.05, 3.63) is 42.0 Å². The molecule has 0 saturated carbocycles. The van der Waals surface area contributed by atoms with Crippen molar-refractivity contribution in [2.45, 2.75) is 13.3 Å². The molecular formula is C11H11O2. The van der Waals surface area contributed by atoms with E-state index in [9.17, 15) is 9.90 Å². The Morgan fingerprint density at radius 3 is 2.38 bits per heavy atom. The average molecular weight is 175 g/mol. The molecule has 13 heavy (non-hydrogen) atoms. The van der Waals surface area contributed by atoms with E-state index in [1.165, 1.54) is 0 Å². The van der Waals surface area contributed by atoms with E-state index >= 15 is 0 Å². The Balaban J connectivity index is 3.03. The number of carbonyl (C=O) groups is 1. The number of hydrogen-bond donors (Lipinski definition) is 0. The first kappa shape index (κ1) is 9.52. The van der Waals surface area contributed by atoms with Gasteiger partial charge in [-0.1, -0.05) is 43.3 Å². The molecule has 1 radical (unpaired) electrons. The van der Waals surface area contributed by atoms with Crippen LogP contribution in [0, 0.1) is 0 Å². The van der Waals surface area contributed by atoms with Crippen LogP contribution in [0.1, 0.15) is 18.9 Å². The third-order valence-electron chi connectivity index (χ3n) is 1.71. The lowest BCUT2D eigenvalue weighted by molar-refractivity contribution is -0.136. The summed E-state index contributed by atoms with van der Waals surface area (Å²) in [5.41, 5.74) is 0.965. The van der Waals surface area contributed by atoms with E-state index in [0.29, 0.717) is 12.0 Å². The Labute approximate surface area is 77.5 Å². The molecule has 2 nitrogen and oxygen atoms in total. The van der Waals surface area contributed by atoms with Gasteiger partial charge in [0.2, 0.25) is 0 Å². The molecular weight excluding hydrogens is 164 g/mol. The molecule has 0 spiro atoms. The lowest BCUT2D eigenvalue weighted by Gasteiger charge is -1.99. The first-order chi connectivity index (χ1) is 6.25. The summed E-state index contributed by atoms with van der Waals surface area (Å²) in [6.07, 6.45) is 2.35. The molecule has 0 amide bonds. The molecule has 0 fully saturated rings. The number of allylic oxidation sites excluding steroid dienone is 1. The van der Waals surface area contributed by atoms with Crippen LogP contribution >= 0.6 is 0 Å². The molecule has 0 heterocycles. The van der Waals surface area contributed by atoms with Crippen molar-refractivity contribution in [3.8, 4) is 0 Å². The summed E-state index contributed by atoms with van der Waals surface area (Å²) in [6, 6.07) is 8.99. The van der Waals surface area contributed by atoms with Gasteiger partial charge in [-0.25, -0.2) is 9.90 Å². The number of hydrogen-bond acceptors (Lipinski definition) is 1. The van der Waals surface area contributed by atoms with Crippen molar-refractivity contribution in [1.82, 2.24) is 0 Å². The molecule has 1 aromatic carbocycles. The van der Waals surface area contributed by atoms with Gasteiger partial charge >= 0.3 is 5.97 Å². The largest absolute Gasteiger partial charge is 0.386 e. The minimum Gasteiger partial charge on any atom is -0.241 e. The summed E-state index contributed by atoms with van der Waals surface area (Å²) in [5.74, 6) is -1.12. The molecule has 0 saturated heterocycles. The standard InChI is InChI=1S/C11H11O2/c1-2-6-10(11(12)13)9-7-4-3-5-8-9/h3-8H,2H2,1H3/b10-6+. The zero-order chi connectivity index (χ0) is 9.68. The fourth-order valence-corrected chi connectivity index (χ4v) is 1.14. The fraction of sp³-hybridized carbons (Fsp3) is 0.182. The van der Waals surface area contributed by atoms with E-state index in [2.05, 4.69) is 0 Å². The third-order valence-corrected chi connectivity index (χ3v) is 1.71. The van der Waals surface area contributed by atoms with Crippen LogP contribution < -0.4 is 0 Å². The van der Waals surface area contributed by atoms with Crippen molar-refractivity contribution in [3.63, 3.8) is 0 Å². The van der Waals surface area contributed by atoms with Crippen LogP contribution in [0.2, 0.25) is 0 Å². The number of carbonyl (C=O) groups excluding carboxylic acids is 1. The van der Waals surface area contributed by atoms with Crippen LogP contribution in [0.25, 0.3) is 5.57 Å². The van der Waals surface area contributed by atoms with E-state index in [1.54, 1.807) is 18.2 Å². The van der Waals surface area contributed by atoms with E-state index in [0.717, 1.165) is 0 Å². The van der Waals surface area contributed by atoms with Gasteiger partial charge in [-0.05, 0) is 12.0 Å². The van der Waals surface area contributed by atoms with Crippen LogP contribution in [0.15, 0.2) is 36.4 Å². The monoisotopic (exact) mass is 175 g/mol. The maximum absolute atomic E-state index is 10.7. The van der Waals surface area contributed by atoms with Crippen molar-refractivity contribution in [1.29, 1.82) is 0 Å². The lowest BCUT2D eigenvalue weighted by atomic mass is 10.1. The highest BCUT2D eigenvalue weighted by Gasteiger charge is 2.10. The Bertz CT molecular complexity index is 312. The molecule has 1 aromatic rings. The molecule has 67 valence electrons. The Morgan fingerprint density at radius 2 is 1.92 bits per heavy atom. The van der Waals surface area contributed by atoms with Gasteiger partial charge in [-0.3, -0.25) is 0 Å². The van der Waals surface area contributed by atoms with Gasteiger partial charge < -0.3 is 0 Å². The van der Waals surface area contributed by atoms with Crippen molar-refractivity contribution in [2.75, 3.05) is 0 Å². The summed E-state index contributed by atoms with van der Waals surface area (Å²) < 4.78 is 0. The predicted molar refractivity (Wildman–Crippen MR) is 50.4 cm³/mol.